The number of hydrogen-bond acceptors (Lipinski definition) is 6. The lowest BCUT2D eigenvalue weighted by Gasteiger charge is -2.21. The normalized spacial score (nSPS) is 10.0. The molecule has 3 rings (SSSR count). The summed E-state index contributed by atoms with van der Waals surface area (Å²) in [6.07, 6.45) is 3.45. The Balaban J connectivity index is 1.51. The molecule has 1 aromatic heterocycles. The molecule has 8 heteroatoms. The van der Waals surface area contributed by atoms with Crippen molar-refractivity contribution in [3.05, 3.63) is 73.1 Å². The molecule has 8 nitrogen and oxygen atoms in total. The van der Waals surface area contributed by atoms with E-state index in [0.717, 1.165) is 0 Å². The number of hydrogen-bond donors (Lipinski definition) is 1. The number of benzene rings is 2. The Bertz CT molecular complexity index is 1030. The molecule has 0 spiro atoms. The highest BCUT2D eigenvalue weighted by Gasteiger charge is 2.16. The number of anilines is 2. The zero-order valence-electron chi connectivity index (χ0n) is 16.8. The van der Waals surface area contributed by atoms with Crippen molar-refractivity contribution in [2.24, 2.45) is 0 Å². The molecule has 1 N–H and O–H groups in total. The molecule has 0 unspecified atom stereocenters. The standard InChI is InChI=1S/C23H21N5O3/c24-14-4-17-28(19-6-2-1-3-7-19)22(30)13-12-21(29)27-18-8-10-20(11-9-18)31-23-25-15-5-16-26-23/h1-3,5-11,15-16H,4,12-13,17H2,(H,27,29). The molecule has 2 amide bonds. The summed E-state index contributed by atoms with van der Waals surface area (Å²) in [4.78, 5) is 34.4. The van der Waals surface area contributed by atoms with E-state index in [4.69, 9.17) is 10.00 Å². The SMILES string of the molecule is N#CCCN(C(=O)CCC(=O)Nc1ccc(Oc2ncccn2)cc1)c1ccccc1. The van der Waals surface area contributed by atoms with Gasteiger partial charge in [0, 0.05) is 43.2 Å². The molecule has 0 aliphatic carbocycles. The van der Waals surface area contributed by atoms with E-state index in [0.29, 0.717) is 17.1 Å². The minimum atomic E-state index is -0.276. The number of ether oxygens (including phenoxy) is 1. The molecule has 0 aliphatic rings. The predicted octanol–water partition coefficient (Wildman–Crippen LogP) is 3.93. The van der Waals surface area contributed by atoms with E-state index in [1.807, 2.05) is 24.3 Å². The van der Waals surface area contributed by atoms with Crippen molar-refractivity contribution in [2.75, 3.05) is 16.8 Å². The highest BCUT2D eigenvalue weighted by atomic mass is 16.5. The molecular weight excluding hydrogens is 394 g/mol. The van der Waals surface area contributed by atoms with Gasteiger partial charge in [0.05, 0.1) is 12.5 Å². The summed E-state index contributed by atoms with van der Waals surface area (Å²) < 4.78 is 5.51. The Kier molecular flexibility index (Phi) is 7.66. The second-order valence-corrected chi connectivity index (χ2v) is 6.50. The molecule has 0 fully saturated rings. The maximum atomic E-state index is 12.6. The van der Waals surface area contributed by atoms with Crippen LogP contribution in [0.2, 0.25) is 0 Å². The smallest absolute Gasteiger partial charge is 0.321 e. The molecule has 156 valence electrons. The second-order valence-electron chi connectivity index (χ2n) is 6.50. The molecule has 0 bridgehead atoms. The van der Waals surface area contributed by atoms with Gasteiger partial charge in [-0.25, -0.2) is 9.97 Å². The summed E-state index contributed by atoms with van der Waals surface area (Å²) >= 11 is 0. The fraction of sp³-hybridized carbons (Fsp3) is 0.174. The van der Waals surface area contributed by atoms with E-state index in [-0.39, 0.29) is 43.6 Å². The highest BCUT2D eigenvalue weighted by molar-refractivity contribution is 5.98. The monoisotopic (exact) mass is 415 g/mol. The Morgan fingerprint density at radius 1 is 0.968 bits per heavy atom. The van der Waals surface area contributed by atoms with Crippen LogP contribution in [-0.4, -0.2) is 28.3 Å². The summed E-state index contributed by atoms with van der Waals surface area (Å²) in [6.45, 7) is 0.285. The van der Waals surface area contributed by atoms with Crippen LogP contribution in [0.25, 0.3) is 0 Å². The van der Waals surface area contributed by atoms with Gasteiger partial charge >= 0.3 is 6.01 Å². The number of carbonyl (C=O) groups excluding carboxylic acids is 2. The van der Waals surface area contributed by atoms with Gasteiger partial charge in [-0.05, 0) is 42.5 Å². The van der Waals surface area contributed by atoms with Gasteiger partial charge in [0.15, 0.2) is 0 Å². The van der Waals surface area contributed by atoms with Crippen molar-refractivity contribution >= 4 is 23.2 Å². The van der Waals surface area contributed by atoms with Crippen molar-refractivity contribution in [1.82, 2.24) is 9.97 Å². The predicted molar refractivity (Wildman–Crippen MR) is 115 cm³/mol. The number of para-hydroxylation sites is 1. The summed E-state index contributed by atoms with van der Waals surface area (Å²) in [5.41, 5.74) is 1.30. The van der Waals surface area contributed by atoms with Gasteiger partial charge in [0.1, 0.15) is 5.75 Å². The Labute approximate surface area is 180 Å². The van der Waals surface area contributed by atoms with Crippen LogP contribution in [0.15, 0.2) is 73.1 Å². The third kappa shape index (κ3) is 6.65. The van der Waals surface area contributed by atoms with E-state index in [2.05, 4.69) is 15.3 Å². The molecule has 0 atom stereocenters. The first-order valence-electron chi connectivity index (χ1n) is 9.73. The quantitative estimate of drug-likeness (QED) is 0.567. The fourth-order valence-electron chi connectivity index (χ4n) is 2.80. The lowest BCUT2D eigenvalue weighted by molar-refractivity contribution is -0.122. The van der Waals surface area contributed by atoms with E-state index in [1.165, 1.54) is 4.90 Å². The second kappa shape index (κ2) is 11.1. The largest absolute Gasteiger partial charge is 0.424 e. The molecular formula is C23H21N5O3. The Morgan fingerprint density at radius 2 is 1.68 bits per heavy atom. The van der Waals surface area contributed by atoms with Crippen LogP contribution in [0, 0.1) is 11.3 Å². The molecule has 1 heterocycles. The first kappa shape index (κ1) is 21.5. The zero-order valence-corrected chi connectivity index (χ0v) is 16.8. The number of rotatable bonds is 9. The minimum absolute atomic E-state index is 0.0326. The van der Waals surface area contributed by atoms with Crippen molar-refractivity contribution in [2.45, 2.75) is 19.3 Å². The summed E-state index contributed by atoms with van der Waals surface area (Å²) in [7, 11) is 0. The highest BCUT2D eigenvalue weighted by Crippen LogP contribution is 2.20. The topological polar surface area (TPSA) is 108 Å². The minimum Gasteiger partial charge on any atom is -0.424 e. The van der Waals surface area contributed by atoms with Crippen LogP contribution in [0.5, 0.6) is 11.8 Å². The molecule has 0 radical (unpaired) electrons. The van der Waals surface area contributed by atoms with Crippen molar-refractivity contribution in [3.8, 4) is 17.8 Å². The number of aromatic nitrogens is 2. The summed E-state index contributed by atoms with van der Waals surface area (Å²) in [5, 5.41) is 11.6. The number of nitrogens with one attached hydrogen (secondary N) is 1. The first-order valence-corrected chi connectivity index (χ1v) is 9.73. The third-order valence-corrected chi connectivity index (χ3v) is 4.27. The number of carbonyl (C=O) groups is 2. The van der Waals surface area contributed by atoms with Crippen molar-refractivity contribution < 1.29 is 14.3 Å². The Morgan fingerprint density at radius 3 is 2.35 bits per heavy atom. The lowest BCUT2D eigenvalue weighted by Crippen LogP contribution is -2.32. The van der Waals surface area contributed by atoms with Gasteiger partial charge in [-0.15, -0.1) is 0 Å². The van der Waals surface area contributed by atoms with Crippen LogP contribution in [0.1, 0.15) is 19.3 Å². The average molecular weight is 415 g/mol. The fourth-order valence-corrected chi connectivity index (χ4v) is 2.80. The first-order chi connectivity index (χ1) is 15.2. The molecule has 0 aliphatic heterocycles. The number of nitrogens with zero attached hydrogens (tertiary/aromatic N) is 4. The molecule has 3 aromatic rings. The number of nitriles is 1. The van der Waals surface area contributed by atoms with Crippen LogP contribution in [0.4, 0.5) is 11.4 Å². The van der Waals surface area contributed by atoms with Gasteiger partial charge in [0.2, 0.25) is 11.8 Å². The summed E-state index contributed by atoms with van der Waals surface area (Å²) in [5.74, 6) is 0.0558. The Hall–Kier alpha value is -4.25. The molecule has 31 heavy (non-hydrogen) atoms. The van der Waals surface area contributed by atoms with Gasteiger partial charge in [-0.1, -0.05) is 18.2 Å². The third-order valence-electron chi connectivity index (χ3n) is 4.27. The average Bonchev–Trinajstić information content (AvgIpc) is 2.81. The van der Waals surface area contributed by atoms with Crippen LogP contribution in [0.3, 0.4) is 0 Å². The van der Waals surface area contributed by atoms with E-state index < -0.39 is 0 Å². The zero-order chi connectivity index (χ0) is 21.9. The molecule has 2 aromatic carbocycles. The number of amides is 2. The van der Waals surface area contributed by atoms with Gasteiger partial charge in [-0.2, -0.15) is 5.26 Å². The van der Waals surface area contributed by atoms with Crippen LogP contribution in [-0.2, 0) is 9.59 Å². The van der Waals surface area contributed by atoms with E-state index >= 15 is 0 Å². The molecule has 0 saturated carbocycles. The van der Waals surface area contributed by atoms with Gasteiger partial charge in [-0.3, -0.25) is 9.59 Å². The maximum absolute atomic E-state index is 12.6. The summed E-state index contributed by atoms with van der Waals surface area (Å²) in [6, 6.07) is 19.9. The molecule has 0 saturated heterocycles. The van der Waals surface area contributed by atoms with Gasteiger partial charge < -0.3 is 15.0 Å². The van der Waals surface area contributed by atoms with Crippen molar-refractivity contribution in [3.63, 3.8) is 0 Å². The maximum Gasteiger partial charge on any atom is 0.321 e. The van der Waals surface area contributed by atoms with E-state index in [1.54, 1.807) is 54.9 Å². The van der Waals surface area contributed by atoms with Crippen LogP contribution < -0.4 is 15.0 Å². The van der Waals surface area contributed by atoms with Crippen molar-refractivity contribution in [1.29, 1.82) is 5.26 Å². The van der Waals surface area contributed by atoms with Gasteiger partial charge in [0.25, 0.3) is 0 Å². The van der Waals surface area contributed by atoms with E-state index in [9.17, 15) is 9.59 Å². The lowest BCUT2D eigenvalue weighted by atomic mass is 10.2. The van der Waals surface area contributed by atoms with Crippen LogP contribution >= 0.6 is 0 Å².